The summed E-state index contributed by atoms with van der Waals surface area (Å²) in [6.07, 6.45) is 3.44. The van der Waals surface area contributed by atoms with Crippen LogP contribution in [0.15, 0.2) is 54.6 Å². The van der Waals surface area contributed by atoms with Crippen LogP contribution in [0.2, 0.25) is 0 Å². The molecule has 1 aliphatic rings. The third kappa shape index (κ3) is 5.78. The molecule has 1 saturated heterocycles. The minimum atomic E-state index is -0.114. The molecule has 0 unspecified atom stereocenters. The number of hydrogen-bond acceptors (Lipinski definition) is 3. The first-order valence-corrected chi connectivity index (χ1v) is 9.59. The van der Waals surface area contributed by atoms with Gasteiger partial charge < -0.3 is 10.1 Å². The molecule has 1 N–H and O–H groups in total. The summed E-state index contributed by atoms with van der Waals surface area (Å²) in [6.45, 7) is 8.56. The molecule has 4 heteroatoms. The fraction of sp³-hybridized carbons (Fsp3) is 0.348. The summed E-state index contributed by atoms with van der Waals surface area (Å²) in [7, 11) is 0. The maximum Gasteiger partial charge on any atom is 0.248 e. The van der Waals surface area contributed by atoms with Gasteiger partial charge in [0.1, 0.15) is 0 Å². The van der Waals surface area contributed by atoms with Crippen LogP contribution in [-0.2, 0) is 16.1 Å². The molecule has 0 aliphatic carbocycles. The summed E-state index contributed by atoms with van der Waals surface area (Å²) in [6, 6.07) is 16.3. The van der Waals surface area contributed by atoms with E-state index in [-0.39, 0.29) is 5.91 Å². The molecule has 1 aliphatic heterocycles. The Morgan fingerprint density at radius 2 is 1.81 bits per heavy atom. The summed E-state index contributed by atoms with van der Waals surface area (Å²) < 4.78 is 5.41. The van der Waals surface area contributed by atoms with Gasteiger partial charge in [-0.25, -0.2) is 0 Å². The van der Waals surface area contributed by atoms with E-state index in [9.17, 15) is 4.79 Å². The molecule has 0 saturated carbocycles. The van der Waals surface area contributed by atoms with E-state index < -0.39 is 0 Å². The zero-order chi connectivity index (χ0) is 19.1. The number of morpholine rings is 1. The molecule has 0 atom stereocenters. The Morgan fingerprint density at radius 3 is 2.52 bits per heavy atom. The summed E-state index contributed by atoms with van der Waals surface area (Å²) >= 11 is 0. The van der Waals surface area contributed by atoms with Gasteiger partial charge in [-0.05, 0) is 34.8 Å². The zero-order valence-electron chi connectivity index (χ0n) is 16.2. The van der Waals surface area contributed by atoms with E-state index in [2.05, 4.69) is 42.3 Å². The van der Waals surface area contributed by atoms with Crippen molar-refractivity contribution >= 4 is 17.7 Å². The highest BCUT2D eigenvalue weighted by molar-refractivity contribution is 6.02. The third-order valence-corrected chi connectivity index (χ3v) is 4.80. The number of hydrogen-bond donors (Lipinski definition) is 1. The molecule has 142 valence electrons. The first kappa shape index (κ1) is 19.3. The largest absolute Gasteiger partial charge is 0.379 e. The van der Waals surface area contributed by atoms with E-state index in [1.807, 2.05) is 36.4 Å². The van der Waals surface area contributed by atoms with Crippen LogP contribution >= 0.6 is 0 Å². The van der Waals surface area contributed by atoms with Crippen LogP contribution < -0.4 is 5.32 Å². The van der Waals surface area contributed by atoms with Crippen molar-refractivity contribution in [3.05, 3.63) is 71.3 Å². The van der Waals surface area contributed by atoms with Crippen molar-refractivity contribution in [3.8, 4) is 0 Å². The molecular weight excluding hydrogens is 336 g/mol. The van der Waals surface area contributed by atoms with Crippen molar-refractivity contribution in [2.75, 3.05) is 31.6 Å². The highest BCUT2D eigenvalue weighted by atomic mass is 16.5. The highest BCUT2D eigenvalue weighted by Crippen LogP contribution is 2.19. The van der Waals surface area contributed by atoms with Gasteiger partial charge >= 0.3 is 0 Å². The zero-order valence-corrected chi connectivity index (χ0v) is 16.2. The maximum atomic E-state index is 12.4. The molecule has 1 fully saturated rings. The Labute approximate surface area is 161 Å². The van der Waals surface area contributed by atoms with Crippen molar-refractivity contribution in [2.45, 2.75) is 26.3 Å². The first-order chi connectivity index (χ1) is 13.1. The summed E-state index contributed by atoms with van der Waals surface area (Å²) in [5.41, 5.74) is 4.32. The molecule has 0 bridgehead atoms. The molecule has 27 heavy (non-hydrogen) atoms. The number of amides is 1. The predicted molar refractivity (Wildman–Crippen MR) is 111 cm³/mol. The standard InChI is InChI=1S/C23H28N2O2/c1-18(2)20-10-7-19(8-11-20)9-12-23(26)24-22-6-4-3-5-21(22)17-25-13-15-27-16-14-25/h3-12,18H,13-17H2,1-2H3,(H,24,26)/b12-9+. The average molecular weight is 364 g/mol. The third-order valence-electron chi connectivity index (χ3n) is 4.80. The minimum Gasteiger partial charge on any atom is -0.379 e. The van der Waals surface area contributed by atoms with E-state index in [4.69, 9.17) is 4.74 Å². The normalized spacial score (nSPS) is 15.4. The molecule has 0 spiro atoms. The number of benzene rings is 2. The van der Waals surface area contributed by atoms with Crippen molar-refractivity contribution in [2.24, 2.45) is 0 Å². The molecule has 4 nitrogen and oxygen atoms in total. The molecule has 0 radical (unpaired) electrons. The summed E-state index contributed by atoms with van der Waals surface area (Å²) in [5.74, 6) is 0.395. The second-order valence-corrected chi connectivity index (χ2v) is 7.19. The molecular formula is C23H28N2O2. The summed E-state index contributed by atoms with van der Waals surface area (Å²) in [5, 5.41) is 3.02. The van der Waals surface area contributed by atoms with E-state index in [1.54, 1.807) is 6.08 Å². The van der Waals surface area contributed by atoms with Gasteiger partial charge in [0.15, 0.2) is 0 Å². The summed E-state index contributed by atoms with van der Waals surface area (Å²) in [4.78, 5) is 14.7. The van der Waals surface area contributed by atoms with Crippen LogP contribution in [0.25, 0.3) is 6.08 Å². The molecule has 3 rings (SSSR count). The SMILES string of the molecule is CC(C)c1ccc(/C=C/C(=O)Nc2ccccc2CN2CCOCC2)cc1. The first-order valence-electron chi connectivity index (χ1n) is 9.59. The molecule has 1 amide bonds. The number of rotatable bonds is 6. The lowest BCUT2D eigenvalue weighted by Gasteiger charge is -2.27. The predicted octanol–water partition coefficient (Wildman–Crippen LogP) is 4.29. The van der Waals surface area contributed by atoms with Crippen LogP contribution in [0.1, 0.15) is 36.5 Å². The van der Waals surface area contributed by atoms with Gasteiger partial charge in [-0.3, -0.25) is 9.69 Å². The number of carbonyl (C=O) groups is 1. The van der Waals surface area contributed by atoms with Crippen LogP contribution in [0.3, 0.4) is 0 Å². The Hall–Kier alpha value is -2.43. The van der Waals surface area contributed by atoms with Crippen LogP contribution in [0.5, 0.6) is 0 Å². The van der Waals surface area contributed by atoms with Gasteiger partial charge in [0.25, 0.3) is 0 Å². The average Bonchev–Trinajstić information content (AvgIpc) is 2.69. The number of anilines is 1. The van der Waals surface area contributed by atoms with E-state index in [0.29, 0.717) is 5.92 Å². The lowest BCUT2D eigenvalue weighted by molar-refractivity contribution is -0.111. The lowest BCUT2D eigenvalue weighted by Crippen LogP contribution is -2.35. The molecule has 1 heterocycles. The van der Waals surface area contributed by atoms with Crippen molar-refractivity contribution < 1.29 is 9.53 Å². The van der Waals surface area contributed by atoms with Crippen LogP contribution in [0, 0.1) is 0 Å². The second kappa shape index (κ2) is 9.49. The van der Waals surface area contributed by atoms with Gasteiger partial charge in [-0.15, -0.1) is 0 Å². The molecule has 2 aromatic rings. The van der Waals surface area contributed by atoms with Gasteiger partial charge in [0, 0.05) is 31.4 Å². The molecule has 2 aromatic carbocycles. The van der Waals surface area contributed by atoms with E-state index in [0.717, 1.165) is 49.7 Å². The van der Waals surface area contributed by atoms with Gasteiger partial charge in [-0.2, -0.15) is 0 Å². The quantitative estimate of drug-likeness (QED) is 0.777. The van der Waals surface area contributed by atoms with Crippen LogP contribution in [-0.4, -0.2) is 37.1 Å². The Balaban J connectivity index is 1.61. The lowest BCUT2D eigenvalue weighted by atomic mass is 10.0. The van der Waals surface area contributed by atoms with Gasteiger partial charge in [-0.1, -0.05) is 56.3 Å². The fourth-order valence-corrected chi connectivity index (χ4v) is 3.12. The topological polar surface area (TPSA) is 41.6 Å². The fourth-order valence-electron chi connectivity index (χ4n) is 3.12. The van der Waals surface area contributed by atoms with Crippen molar-refractivity contribution in [1.29, 1.82) is 0 Å². The second-order valence-electron chi connectivity index (χ2n) is 7.19. The Morgan fingerprint density at radius 1 is 1.11 bits per heavy atom. The number of para-hydroxylation sites is 1. The number of ether oxygens (including phenoxy) is 1. The van der Waals surface area contributed by atoms with E-state index >= 15 is 0 Å². The molecule has 0 aromatic heterocycles. The van der Waals surface area contributed by atoms with Gasteiger partial charge in [0.05, 0.1) is 13.2 Å². The van der Waals surface area contributed by atoms with Crippen molar-refractivity contribution in [1.82, 2.24) is 4.90 Å². The number of nitrogens with zero attached hydrogens (tertiary/aromatic N) is 1. The number of carbonyl (C=O) groups excluding carboxylic acids is 1. The smallest absolute Gasteiger partial charge is 0.248 e. The Bertz CT molecular complexity index is 775. The minimum absolute atomic E-state index is 0.114. The monoisotopic (exact) mass is 364 g/mol. The maximum absolute atomic E-state index is 12.4. The van der Waals surface area contributed by atoms with Crippen LogP contribution in [0.4, 0.5) is 5.69 Å². The van der Waals surface area contributed by atoms with Crippen molar-refractivity contribution in [3.63, 3.8) is 0 Å². The number of nitrogens with one attached hydrogen (secondary N) is 1. The van der Waals surface area contributed by atoms with Gasteiger partial charge in [0.2, 0.25) is 5.91 Å². The highest BCUT2D eigenvalue weighted by Gasteiger charge is 2.13. The Kier molecular flexibility index (Phi) is 6.80. The van der Waals surface area contributed by atoms with E-state index in [1.165, 1.54) is 5.56 Å².